The second-order valence-corrected chi connectivity index (χ2v) is 5.42. The molecule has 4 heteroatoms. The van der Waals surface area contributed by atoms with Crippen molar-refractivity contribution in [3.8, 4) is 5.75 Å². The Balaban J connectivity index is 2.28. The van der Waals surface area contributed by atoms with Crippen LogP contribution in [0.4, 0.5) is 0 Å². The van der Waals surface area contributed by atoms with E-state index in [4.69, 9.17) is 16.3 Å². The molecule has 0 spiro atoms. The van der Waals surface area contributed by atoms with E-state index in [0.717, 1.165) is 29.8 Å². The summed E-state index contributed by atoms with van der Waals surface area (Å²) in [5, 5.41) is 4.22. The van der Waals surface area contributed by atoms with Crippen molar-refractivity contribution in [3.63, 3.8) is 0 Å². The molecule has 1 aromatic carbocycles. The molecule has 3 nitrogen and oxygen atoms in total. The van der Waals surface area contributed by atoms with Crippen molar-refractivity contribution >= 4 is 11.6 Å². The average Bonchev–Trinajstić information content (AvgIpc) is 2.49. The molecule has 1 unspecified atom stereocenters. The summed E-state index contributed by atoms with van der Waals surface area (Å²) in [6.07, 6.45) is 4.29. The predicted molar refractivity (Wildman–Crippen MR) is 87.1 cm³/mol. The first-order valence-corrected chi connectivity index (χ1v) is 7.49. The number of nitrogens with zero attached hydrogens (tertiary/aromatic N) is 1. The minimum Gasteiger partial charge on any atom is -0.496 e. The van der Waals surface area contributed by atoms with Gasteiger partial charge < -0.3 is 10.1 Å². The highest BCUT2D eigenvalue weighted by Crippen LogP contribution is 2.27. The molecule has 0 aliphatic carbocycles. The fourth-order valence-corrected chi connectivity index (χ4v) is 2.59. The van der Waals surface area contributed by atoms with Crippen LogP contribution in [0.3, 0.4) is 0 Å². The highest BCUT2D eigenvalue weighted by atomic mass is 35.5. The fourth-order valence-electron chi connectivity index (χ4n) is 2.40. The standard InChI is InChI=1S/C17H21ClN2O/c1-4-20-16(9-13-7-8-19-11-15(13)18)14-6-5-12(2)17(10-14)21-3/h5-8,10-11,16,20H,4,9H2,1-3H3. The highest BCUT2D eigenvalue weighted by Gasteiger charge is 2.14. The molecule has 0 radical (unpaired) electrons. The van der Waals surface area contributed by atoms with Gasteiger partial charge in [0.05, 0.1) is 12.1 Å². The largest absolute Gasteiger partial charge is 0.496 e. The lowest BCUT2D eigenvalue weighted by molar-refractivity contribution is 0.410. The molecule has 1 aromatic heterocycles. The van der Waals surface area contributed by atoms with Crippen LogP contribution in [0.25, 0.3) is 0 Å². The van der Waals surface area contributed by atoms with Crippen molar-refractivity contribution in [1.82, 2.24) is 10.3 Å². The van der Waals surface area contributed by atoms with Gasteiger partial charge in [-0.05, 0) is 48.7 Å². The first-order chi connectivity index (χ1) is 10.2. The number of hydrogen-bond donors (Lipinski definition) is 1. The Kier molecular flexibility index (Phi) is 5.59. The summed E-state index contributed by atoms with van der Waals surface area (Å²) in [7, 11) is 1.70. The summed E-state index contributed by atoms with van der Waals surface area (Å²) >= 11 is 6.22. The Morgan fingerprint density at radius 2 is 2.14 bits per heavy atom. The van der Waals surface area contributed by atoms with Gasteiger partial charge in [-0.3, -0.25) is 4.98 Å². The summed E-state index contributed by atoms with van der Waals surface area (Å²) in [5.74, 6) is 0.913. The van der Waals surface area contributed by atoms with Crippen LogP contribution in [0, 0.1) is 6.92 Å². The van der Waals surface area contributed by atoms with Gasteiger partial charge in [-0.1, -0.05) is 30.7 Å². The molecule has 2 aromatic rings. The number of aryl methyl sites for hydroxylation is 1. The molecule has 0 aliphatic heterocycles. The monoisotopic (exact) mass is 304 g/mol. The maximum atomic E-state index is 6.22. The minimum atomic E-state index is 0.199. The summed E-state index contributed by atoms with van der Waals surface area (Å²) in [4.78, 5) is 4.04. The predicted octanol–water partition coefficient (Wildman–Crippen LogP) is 3.95. The van der Waals surface area contributed by atoms with E-state index >= 15 is 0 Å². The van der Waals surface area contributed by atoms with Crippen molar-refractivity contribution in [2.45, 2.75) is 26.3 Å². The van der Waals surface area contributed by atoms with E-state index in [1.165, 1.54) is 5.56 Å². The quantitative estimate of drug-likeness (QED) is 0.877. The molecular formula is C17H21ClN2O. The second kappa shape index (κ2) is 7.43. The summed E-state index contributed by atoms with van der Waals surface area (Å²) in [6.45, 7) is 5.04. The number of hydrogen-bond acceptors (Lipinski definition) is 3. The first-order valence-electron chi connectivity index (χ1n) is 7.12. The number of halogens is 1. The van der Waals surface area contributed by atoms with Crippen LogP contribution in [-0.2, 0) is 6.42 Å². The van der Waals surface area contributed by atoms with E-state index in [0.29, 0.717) is 5.02 Å². The second-order valence-electron chi connectivity index (χ2n) is 5.01. The van der Waals surface area contributed by atoms with Crippen molar-refractivity contribution in [2.24, 2.45) is 0 Å². The molecular weight excluding hydrogens is 284 g/mol. The van der Waals surface area contributed by atoms with Crippen LogP contribution in [0.15, 0.2) is 36.7 Å². The summed E-state index contributed by atoms with van der Waals surface area (Å²) in [6, 6.07) is 8.49. The third-order valence-corrected chi connectivity index (χ3v) is 3.91. The van der Waals surface area contributed by atoms with E-state index in [1.807, 2.05) is 13.0 Å². The molecule has 0 bridgehead atoms. The van der Waals surface area contributed by atoms with Crippen molar-refractivity contribution < 1.29 is 4.74 Å². The van der Waals surface area contributed by atoms with Crippen LogP contribution in [0.2, 0.25) is 5.02 Å². The zero-order valence-electron chi connectivity index (χ0n) is 12.7. The van der Waals surface area contributed by atoms with E-state index < -0.39 is 0 Å². The van der Waals surface area contributed by atoms with E-state index in [-0.39, 0.29) is 6.04 Å². The molecule has 1 heterocycles. The number of ether oxygens (including phenoxy) is 1. The Morgan fingerprint density at radius 1 is 1.33 bits per heavy atom. The number of benzene rings is 1. The number of pyridine rings is 1. The van der Waals surface area contributed by atoms with Gasteiger partial charge in [0.15, 0.2) is 0 Å². The van der Waals surface area contributed by atoms with Gasteiger partial charge in [-0.15, -0.1) is 0 Å². The molecule has 0 fully saturated rings. The van der Waals surface area contributed by atoms with Gasteiger partial charge in [0.2, 0.25) is 0 Å². The highest BCUT2D eigenvalue weighted by molar-refractivity contribution is 6.31. The first kappa shape index (κ1) is 15.8. The topological polar surface area (TPSA) is 34.2 Å². The number of aromatic nitrogens is 1. The van der Waals surface area contributed by atoms with Gasteiger partial charge in [-0.25, -0.2) is 0 Å². The van der Waals surface area contributed by atoms with Crippen LogP contribution in [0.5, 0.6) is 5.75 Å². The number of nitrogens with one attached hydrogen (secondary N) is 1. The average molecular weight is 305 g/mol. The van der Waals surface area contributed by atoms with Gasteiger partial charge in [0.1, 0.15) is 5.75 Å². The van der Waals surface area contributed by atoms with Crippen LogP contribution in [0.1, 0.15) is 29.7 Å². The molecule has 2 rings (SSSR count). The molecule has 1 N–H and O–H groups in total. The van der Waals surface area contributed by atoms with Gasteiger partial charge in [0.25, 0.3) is 0 Å². The minimum absolute atomic E-state index is 0.199. The van der Waals surface area contributed by atoms with Crippen LogP contribution >= 0.6 is 11.6 Å². The summed E-state index contributed by atoms with van der Waals surface area (Å²) < 4.78 is 5.42. The maximum absolute atomic E-state index is 6.22. The molecule has 112 valence electrons. The lowest BCUT2D eigenvalue weighted by atomic mass is 9.98. The Hall–Kier alpha value is -1.58. The van der Waals surface area contributed by atoms with Crippen molar-refractivity contribution in [3.05, 3.63) is 58.4 Å². The smallest absolute Gasteiger partial charge is 0.122 e. The molecule has 0 saturated heterocycles. The van der Waals surface area contributed by atoms with Gasteiger partial charge in [0, 0.05) is 18.4 Å². The molecule has 0 amide bonds. The lowest BCUT2D eigenvalue weighted by Gasteiger charge is -2.20. The number of rotatable bonds is 6. The maximum Gasteiger partial charge on any atom is 0.122 e. The van der Waals surface area contributed by atoms with Gasteiger partial charge >= 0.3 is 0 Å². The van der Waals surface area contributed by atoms with E-state index in [1.54, 1.807) is 19.5 Å². The Labute approximate surface area is 131 Å². The lowest BCUT2D eigenvalue weighted by Crippen LogP contribution is -2.23. The van der Waals surface area contributed by atoms with E-state index in [9.17, 15) is 0 Å². The number of likely N-dealkylation sites (N-methyl/N-ethyl adjacent to an activating group) is 1. The SMILES string of the molecule is CCNC(Cc1ccncc1Cl)c1ccc(C)c(OC)c1. The zero-order valence-corrected chi connectivity index (χ0v) is 13.4. The van der Waals surface area contributed by atoms with E-state index in [2.05, 4.69) is 35.4 Å². The Bertz CT molecular complexity index is 601. The normalized spacial score (nSPS) is 12.2. The van der Waals surface area contributed by atoms with Gasteiger partial charge in [-0.2, -0.15) is 0 Å². The van der Waals surface area contributed by atoms with Crippen molar-refractivity contribution in [2.75, 3.05) is 13.7 Å². The Morgan fingerprint density at radius 3 is 2.81 bits per heavy atom. The zero-order chi connectivity index (χ0) is 15.2. The summed E-state index contributed by atoms with van der Waals surface area (Å²) in [5.41, 5.74) is 3.43. The number of methoxy groups -OCH3 is 1. The molecule has 1 atom stereocenters. The molecule has 21 heavy (non-hydrogen) atoms. The third-order valence-electron chi connectivity index (χ3n) is 3.57. The third kappa shape index (κ3) is 3.96. The molecule has 0 aliphatic rings. The van der Waals surface area contributed by atoms with Crippen molar-refractivity contribution in [1.29, 1.82) is 0 Å². The van der Waals surface area contributed by atoms with Crippen LogP contribution < -0.4 is 10.1 Å². The van der Waals surface area contributed by atoms with Crippen LogP contribution in [-0.4, -0.2) is 18.6 Å². The fraction of sp³-hybridized carbons (Fsp3) is 0.353. The molecule has 0 saturated carbocycles.